The first-order valence-corrected chi connectivity index (χ1v) is 5.99. The molecule has 0 aliphatic heterocycles. The number of benzene rings is 1. The van der Waals surface area contributed by atoms with Gasteiger partial charge in [-0.15, -0.1) is 0 Å². The fourth-order valence-corrected chi connectivity index (χ4v) is 1.93. The molecule has 0 radical (unpaired) electrons. The van der Waals surface area contributed by atoms with E-state index < -0.39 is 0 Å². The average molecular weight is 246 g/mol. The number of carbonyl (C=O) groups is 1. The quantitative estimate of drug-likeness (QED) is 0.827. The van der Waals surface area contributed by atoms with Crippen LogP contribution in [0.5, 0.6) is 5.75 Å². The van der Waals surface area contributed by atoms with E-state index in [1.807, 2.05) is 32.0 Å². The van der Waals surface area contributed by atoms with Crippen LogP contribution in [0.1, 0.15) is 26.3 Å². The first-order valence-electron chi connectivity index (χ1n) is 5.99. The van der Waals surface area contributed by atoms with E-state index in [0.717, 1.165) is 22.3 Å². The Kier molecular flexibility index (Phi) is 3.16. The third-order valence-electron chi connectivity index (χ3n) is 3.45. The molecular weight excluding hydrogens is 228 g/mol. The van der Waals surface area contributed by atoms with Crippen LogP contribution in [0.25, 0.3) is 11.0 Å². The SMILES string of the molecule is COc1ccc2c(CC(C)(C)C(C)=O)coc2c1. The Morgan fingerprint density at radius 1 is 1.39 bits per heavy atom. The standard InChI is InChI=1S/C15H18O3/c1-10(16)15(2,3)8-11-9-18-14-7-12(17-4)5-6-13(11)14/h5-7,9H,8H2,1-4H3. The largest absolute Gasteiger partial charge is 0.497 e. The van der Waals surface area contributed by atoms with Crippen LogP contribution in [0.4, 0.5) is 0 Å². The van der Waals surface area contributed by atoms with Crippen molar-refractivity contribution >= 4 is 16.8 Å². The molecule has 0 unspecified atom stereocenters. The zero-order valence-electron chi connectivity index (χ0n) is 11.2. The van der Waals surface area contributed by atoms with E-state index in [9.17, 15) is 4.79 Å². The highest BCUT2D eigenvalue weighted by Gasteiger charge is 2.25. The summed E-state index contributed by atoms with van der Waals surface area (Å²) in [7, 11) is 1.63. The van der Waals surface area contributed by atoms with Gasteiger partial charge in [0.1, 0.15) is 17.1 Å². The second kappa shape index (κ2) is 4.48. The van der Waals surface area contributed by atoms with Crippen molar-refractivity contribution in [3.8, 4) is 5.75 Å². The number of hydrogen-bond donors (Lipinski definition) is 0. The van der Waals surface area contributed by atoms with Gasteiger partial charge in [-0.3, -0.25) is 4.79 Å². The van der Waals surface area contributed by atoms with Gasteiger partial charge in [0, 0.05) is 16.9 Å². The summed E-state index contributed by atoms with van der Waals surface area (Å²) in [5.41, 5.74) is 1.49. The van der Waals surface area contributed by atoms with Crippen molar-refractivity contribution in [3.63, 3.8) is 0 Å². The molecule has 0 saturated heterocycles. The topological polar surface area (TPSA) is 39.4 Å². The molecule has 0 atom stereocenters. The van der Waals surface area contributed by atoms with Gasteiger partial charge in [-0.1, -0.05) is 13.8 Å². The maximum Gasteiger partial charge on any atom is 0.137 e. The van der Waals surface area contributed by atoms with Crippen LogP contribution < -0.4 is 4.74 Å². The highest BCUT2D eigenvalue weighted by atomic mass is 16.5. The van der Waals surface area contributed by atoms with Crippen molar-refractivity contribution in [3.05, 3.63) is 30.0 Å². The molecule has 0 aliphatic rings. The Bertz CT molecular complexity index is 578. The van der Waals surface area contributed by atoms with Gasteiger partial charge in [0.05, 0.1) is 13.4 Å². The molecule has 2 rings (SSSR count). The molecular formula is C15H18O3. The van der Waals surface area contributed by atoms with Crippen molar-refractivity contribution < 1.29 is 13.9 Å². The van der Waals surface area contributed by atoms with Gasteiger partial charge >= 0.3 is 0 Å². The highest BCUT2D eigenvalue weighted by Crippen LogP contribution is 2.31. The molecule has 0 bridgehead atoms. The molecule has 96 valence electrons. The number of methoxy groups -OCH3 is 1. The fraction of sp³-hybridized carbons (Fsp3) is 0.400. The van der Waals surface area contributed by atoms with Crippen LogP contribution in [0.3, 0.4) is 0 Å². The minimum Gasteiger partial charge on any atom is -0.497 e. The Morgan fingerprint density at radius 3 is 2.72 bits per heavy atom. The molecule has 3 heteroatoms. The maximum absolute atomic E-state index is 11.6. The third-order valence-corrected chi connectivity index (χ3v) is 3.45. The van der Waals surface area contributed by atoms with E-state index >= 15 is 0 Å². The van der Waals surface area contributed by atoms with Crippen LogP contribution in [-0.4, -0.2) is 12.9 Å². The second-order valence-electron chi connectivity index (χ2n) is 5.24. The molecule has 1 aromatic carbocycles. The summed E-state index contributed by atoms with van der Waals surface area (Å²) < 4.78 is 10.7. The Hall–Kier alpha value is -1.77. The molecule has 0 N–H and O–H groups in total. The molecule has 0 amide bonds. The van der Waals surface area contributed by atoms with E-state index in [0.29, 0.717) is 6.42 Å². The molecule has 1 aromatic heterocycles. The van der Waals surface area contributed by atoms with Gasteiger partial charge in [-0.05, 0) is 31.0 Å². The summed E-state index contributed by atoms with van der Waals surface area (Å²) in [4.78, 5) is 11.6. The first-order chi connectivity index (χ1) is 8.44. The average Bonchev–Trinajstić information content (AvgIpc) is 2.71. The lowest BCUT2D eigenvalue weighted by molar-refractivity contribution is -0.124. The normalized spacial score (nSPS) is 11.8. The number of ketones is 1. The van der Waals surface area contributed by atoms with Crippen molar-refractivity contribution in [1.29, 1.82) is 0 Å². The molecule has 0 spiro atoms. The van der Waals surface area contributed by atoms with Gasteiger partial charge in [0.2, 0.25) is 0 Å². The Balaban J connectivity index is 2.38. The lowest BCUT2D eigenvalue weighted by Crippen LogP contribution is -2.23. The van der Waals surface area contributed by atoms with Gasteiger partial charge in [-0.2, -0.15) is 0 Å². The van der Waals surface area contributed by atoms with Crippen molar-refractivity contribution in [2.24, 2.45) is 5.41 Å². The second-order valence-corrected chi connectivity index (χ2v) is 5.24. The van der Waals surface area contributed by atoms with E-state index in [4.69, 9.17) is 9.15 Å². The Morgan fingerprint density at radius 2 is 2.11 bits per heavy atom. The van der Waals surface area contributed by atoms with E-state index in [2.05, 4.69) is 0 Å². The minimum atomic E-state index is -0.364. The third kappa shape index (κ3) is 2.26. The fourth-order valence-electron chi connectivity index (χ4n) is 1.93. The van der Waals surface area contributed by atoms with Crippen molar-refractivity contribution in [1.82, 2.24) is 0 Å². The highest BCUT2D eigenvalue weighted by molar-refractivity contribution is 5.85. The van der Waals surface area contributed by atoms with Crippen LogP contribution >= 0.6 is 0 Å². The van der Waals surface area contributed by atoms with Crippen LogP contribution in [0, 0.1) is 5.41 Å². The van der Waals surface area contributed by atoms with Crippen molar-refractivity contribution in [2.75, 3.05) is 7.11 Å². The van der Waals surface area contributed by atoms with Gasteiger partial charge in [0.15, 0.2) is 0 Å². The number of hydrogen-bond acceptors (Lipinski definition) is 3. The van der Waals surface area contributed by atoms with E-state index in [-0.39, 0.29) is 11.2 Å². The minimum absolute atomic E-state index is 0.186. The van der Waals surface area contributed by atoms with Crippen LogP contribution in [0.2, 0.25) is 0 Å². The maximum atomic E-state index is 11.6. The molecule has 1 heterocycles. The van der Waals surface area contributed by atoms with Gasteiger partial charge < -0.3 is 9.15 Å². The zero-order valence-corrected chi connectivity index (χ0v) is 11.2. The molecule has 0 saturated carbocycles. The molecule has 0 aliphatic carbocycles. The predicted molar refractivity (Wildman–Crippen MR) is 70.9 cm³/mol. The smallest absolute Gasteiger partial charge is 0.137 e. The number of furan rings is 1. The number of Topliss-reactive ketones (excluding diaryl/α,β-unsaturated/α-hetero) is 1. The molecule has 3 nitrogen and oxygen atoms in total. The number of ether oxygens (including phenoxy) is 1. The number of carbonyl (C=O) groups excluding carboxylic acids is 1. The van der Waals surface area contributed by atoms with E-state index in [1.54, 1.807) is 20.3 Å². The van der Waals surface area contributed by atoms with Gasteiger partial charge in [-0.25, -0.2) is 0 Å². The summed E-state index contributed by atoms with van der Waals surface area (Å²) in [5, 5.41) is 1.05. The monoisotopic (exact) mass is 246 g/mol. The van der Waals surface area contributed by atoms with Crippen molar-refractivity contribution in [2.45, 2.75) is 27.2 Å². The van der Waals surface area contributed by atoms with Gasteiger partial charge in [0.25, 0.3) is 0 Å². The predicted octanol–water partition coefficient (Wildman–Crippen LogP) is 3.60. The molecule has 18 heavy (non-hydrogen) atoms. The lowest BCUT2D eigenvalue weighted by atomic mass is 9.82. The van der Waals surface area contributed by atoms with Crippen LogP contribution in [-0.2, 0) is 11.2 Å². The molecule has 0 fully saturated rings. The van der Waals surface area contributed by atoms with E-state index in [1.165, 1.54) is 0 Å². The summed E-state index contributed by atoms with van der Waals surface area (Å²) in [6.45, 7) is 5.54. The summed E-state index contributed by atoms with van der Waals surface area (Å²) in [6, 6.07) is 5.74. The first kappa shape index (κ1) is 12.7. The molecule has 2 aromatic rings. The zero-order chi connectivity index (χ0) is 13.3. The summed E-state index contributed by atoms with van der Waals surface area (Å²) in [6.07, 6.45) is 2.41. The lowest BCUT2D eigenvalue weighted by Gasteiger charge is -2.20. The summed E-state index contributed by atoms with van der Waals surface area (Å²) >= 11 is 0. The van der Waals surface area contributed by atoms with Crippen LogP contribution in [0.15, 0.2) is 28.9 Å². The summed E-state index contributed by atoms with van der Waals surface area (Å²) in [5.74, 6) is 0.958. The number of rotatable bonds is 4. The Labute approximate surface area is 107 Å². The number of fused-ring (bicyclic) bond motifs is 1.